The number of nitrogens with one attached hydrogen (secondary N) is 2. The number of unbranched alkanes of at least 4 members (excludes halogenated alkanes) is 1. The van der Waals surface area contributed by atoms with Crippen molar-refractivity contribution >= 4 is 22.1 Å². The van der Waals surface area contributed by atoms with Gasteiger partial charge in [-0.1, -0.05) is 30.3 Å². The Balaban J connectivity index is 0.00000161. The molecule has 9 nitrogen and oxygen atoms in total. The van der Waals surface area contributed by atoms with Gasteiger partial charge in [-0.2, -0.15) is 8.42 Å². The number of hydrogen-bond acceptors (Lipinski definition) is 6. The fraction of sp³-hybridized carbons (Fsp3) is 0.619. The Morgan fingerprint density at radius 2 is 1.71 bits per heavy atom. The van der Waals surface area contributed by atoms with Gasteiger partial charge >= 0.3 is 6.09 Å². The number of rotatable bonds is 9. The van der Waals surface area contributed by atoms with Crippen molar-refractivity contribution in [2.24, 2.45) is 5.73 Å². The van der Waals surface area contributed by atoms with Gasteiger partial charge in [-0.25, -0.2) is 4.79 Å². The summed E-state index contributed by atoms with van der Waals surface area (Å²) in [4.78, 5) is 23.7. The quantitative estimate of drug-likeness (QED) is 0.327. The molecular weight excluding hydrogens is 422 g/mol. The lowest BCUT2D eigenvalue weighted by Gasteiger charge is -2.20. The van der Waals surface area contributed by atoms with Gasteiger partial charge in [0.2, 0.25) is 5.91 Å². The number of alkyl carbamates (subject to hydrolysis) is 1. The SMILES string of the molecule is CS(=O)(=O)O.C[C@@H](Cc1ccccc1)NC(=O)[C@@H](N)CCCCNC(=O)OC(C)(C)C. The molecule has 0 unspecified atom stereocenters. The second kappa shape index (κ2) is 14.0. The van der Waals surface area contributed by atoms with Crippen LogP contribution < -0.4 is 16.4 Å². The number of amides is 2. The van der Waals surface area contributed by atoms with Crippen molar-refractivity contribution in [1.29, 1.82) is 0 Å². The highest BCUT2D eigenvalue weighted by molar-refractivity contribution is 7.85. The number of carbonyl (C=O) groups excluding carboxylic acids is 2. The largest absolute Gasteiger partial charge is 0.444 e. The third kappa shape index (κ3) is 19.5. The third-order valence-electron chi connectivity index (χ3n) is 3.72. The molecule has 0 aliphatic carbocycles. The van der Waals surface area contributed by atoms with E-state index in [0.29, 0.717) is 19.2 Å². The van der Waals surface area contributed by atoms with E-state index in [1.54, 1.807) is 0 Å². The minimum Gasteiger partial charge on any atom is -0.444 e. The molecule has 0 saturated carbocycles. The van der Waals surface area contributed by atoms with E-state index in [1.165, 1.54) is 5.56 Å². The molecule has 31 heavy (non-hydrogen) atoms. The molecular formula is C21H37N3O6S. The maximum Gasteiger partial charge on any atom is 0.407 e. The molecule has 0 aliphatic rings. The van der Waals surface area contributed by atoms with Gasteiger partial charge in [0.15, 0.2) is 0 Å². The van der Waals surface area contributed by atoms with Gasteiger partial charge in [0.1, 0.15) is 5.60 Å². The van der Waals surface area contributed by atoms with E-state index in [1.807, 2.05) is 58.0 Å². The molecule has 0 radical (unpaired) electrons. The maximum absolute atomic E-state index is 12.1. The average Bonchev–Trinajstić information content (AvgIpc) is 2.59. The van der Waals surface area contributed by atoms with Crippen molar-refractivity contribution < 1.29 is 27.3 Å². The Kier molecular flexibility index (Phi) is 13.0. The van der Waals surface area contributed by atoms with Crippen LogP contribution in [0.2, 0.25) is 0 Å². The molecule has 0 aromatic heterocycles. The van der Waals surface area contributed by atoms with Crippen molar-refractivity contribution in [3.8, 4) is 0 Å². The number of carbonyl (C=O) groups is 2. The van der Waals surface area contributed by atoms with Crippen LogP contribution in [0.1, 0.15) is 52.5 Å². The molecule has 1 aromatic carbocycles. The van der Waals surface area contributed by atoms with Gasteiger partial charge in [0.25, 0.3) is 10.1 Å². The normalized spacial score (nSPS) is 13.3. The van der Waals surface area contributed by atoms with Crippen LogP contribution in [-0.2, 0) is 26.1 Å². The van der Waals surface area contributed by atoms with Gasteiger partial charge in [0.05, 0.1) is 12.3 Å². The standard InChI is InChI=1S/C20H33N3O3.CH4O3S/c1-15(14-16-10-6-5-7-11-16)23-18(24)17(21)12-8-9-13-22-19(25)26-20(2,3)4;1-5(2,3)4/h5-7,10-11,15,17H,8-9,12-14,21H2,1-4H3,(H,22,25)(H,23,24);1H3,(H,2,3,4)/t15-,17-;/m0./s1. The summed E-state index contributed by atoms with van der Waals surface area (Å²) in [6.45, 7) is 7.95. The Bertz CT molecular complexity index is 755. The molecule has 0 heterocycles. The van der Waals surface area contributed by atoms with E-state index < -0.39 is 27.9 Å². The van der Waals surface area contributed by atoms with Crippen molar-refractivity contribution in [1.82, 2.24) is 10.6 Å². The lowest BCUT2D eigenvalue weighted by molar-refractivity contribution is -0.123. The number of benzene rings is 1. The van der Waals surface area contributed by atoms with Crippen LogP contribution in [0.3, 0.4) is 0 Å². The van der Waals surface area contributed by atoms with Gasteiger partial charge < -0.3 is 21.1 Å². The van der Waals surface area contributed by atoms with Crippen LogP contribution in [0.15, 0.2) is 30.3 Å². The third-order valence-corrected chi connectivity index (χ3v) is 3.72. The monoisotopic (exact) mass is 459 g/mol. The predicted molar refractivity (Wildman–Crippen MR) is 121 cm³/mol. The van der Waals surface area contributed by atoms with Crippen molar-refractivity contribution in [3.05, 3.63) is 35.9 Å². The van der Waals surface area contributed by atoms with E-state index in [-0.39, 0.29) is 11.9 Å². The summed E-state index contributed by atoms with van der Waals surface area (Å²) in [5, 5.41) is 5.66. The number of nitrogens with two attached hydrogens (primary N) is 1. The van der Waals surface area contributed by atoms with Gasteiger partial charge in [0, 0.05) is 12.6 Å². The Labute approximate surface area is 185 Å². The van der Waals surface area contributed by atoms with E-state index in [4.69, 9.17) is 15.0 Å². The molecule has 0 spiro atoms. The molecule has 1 rings (SSSR count). The number of hydrogen-bond donors (Lipinski definition) is 4. The second-order valence-corrected chi connectivity index (χ2v) is 9.83. The molecule has 1 aromatic rings. The molecule has 2 amide bonds. The topological polar surface area (TPSA) is 148 Å². The van der Waals surface area contributed by atoms with Gasteiger partial charge in [-0.05, 0) is 58.9 Å². The molecule has 178 valence electrons. The molecule has 0 bridgehead atoms. The molecule has 0 aliphatic heterocycles. The lowest BCUT2D eigenvalue weighted by atomic mass is 10.1. The highest BCUT2D eigenvalue weighted by atomic mass is 32.2. The smallest absolute Gasteiger partial charge is 0.407 e. The summed E-state index contributed by atoms with van der Waals surface area (Å²) in [5.41, 5.74) is 6.64. The Hall–Kier alpha value is -2.17. The van der Waals surface area contributed by atoms with Crippen molar-refractivity contribution in [2.45, 2.75) is 71.1 Å². The van der Waals surface area contributed by atoms with Crippen LogP contribution in [0, 0.1) is 0 Å². The summed E-state index contributed by atoms with van der Waals surface area (Å²) in [6, 6.07) is 9.53. The maximum atomic E-state index is 12.1. The first-order valence-electron chi connectivity index (χ1n) is 10.2. The van der Waals surface area contributed by atoms with Crippen LogP contribution in [0.25, 0.3) is 0 Å². The first kappa shape index (κ1) is 28.8. The molecule has 5 N–H and O–H groups in total. The highest BCUT2D eigenvalue weighted by Crippen LogP contribution is 2.07. The summed E-state index contributed by atoms with van der Waals surface area (Å²) in [5.74, 6) is -0.131. The first-order valence-corrected chi connectivity index (χ1v) is 12.0. The summed E-state index contributed by atoms with van der Waals surface area (Å²) in [6.07, 6.45) is 3.16. The Morgan fingerprint density at radius 1 is 1.16 bits per heavy atom. The lowest BCUT2D eigenvalue weighted by Crippen LogP contribution is -2.45. The summed E-state index contributed by atoms with van der Waals surface area (Å²) in [7, 11) is -3.67. The molecule has 0 fully saturated rings. The zero-order chi connectivity index (χ0) is 24.1. The summed E-state index contributed by atoms with van der Waals surface area (Å²) >= 11 is 0. The minimum atomic E-state index is -3.67. The van der Waals surface area contributed by atoms with E-state index in [0.717, 1.165) is 19.3 Å². The van der Waals surface area contributed by atoms with Crippen LogP contribution in [-0.4, -0.2) is 55.5 Å². The first-order chi connectivity index (χ1) is 14.2. The van der Waals surface area contributed by atoms with E-state index in [9.17, 15) is 18.0 Å². The number of ether oxygens (including phenoxy) is 1. The fourth-order valence-corrected chi connectivity index (χ4v) is 2.49. The summed E-state index contributed by atoms with van der Waals surface area (Å²) < 4.78 is 31.0. The second-order valence-electron chi connectivity index (χ2n) is 8.36. The van der Waals surface area contributed by atoms with Crippen LogP contribution in [0.4, 0.5) is 4.79 Å². The average molecular weight is 460 g/mol. The van der Waals surface area contributed by atoms with Crippen LogP contribution in [0.5, 0.6) is 0 Å². The molecule has 2 atom stereocenters. The molecule has 10 heteroatoms. The zero-order valence-electron chi connectivity index (χ0n) is 19.1. The molecule has 0 saturated heterocycles. The zero-order valence-corrected chi connectivity index (χ0v) is 19.9. The fourth-order valence-electron chi connectivity index (χ4n) is 2.49. The van der Waals surface area contributed by atoms with Gasteiger partial charge in [-0.15, -0.1) is 0 Å². The van der Waals surface area contributed by atoms with E-state index >= 15 is 0 Å². The van der Waals surface area contributed by atoms with E-state index in [2.05, 4.69) is 10.6 Å². The predicted octanol–water partition coefficient (Wildman–Crippen LogP) is 2.26. The Morgan fingerprint density at radius 3 is 2.23 bits per heavy atom. The van der Waals surface area contributed by atoms with Crippen molar-refractivity contribution in [3.63, 3.8) is 0 Å². The highest BCUT2D eigenvalue weighted by Gasteiger charge is 2.17. The van der Waals surface area contributed by atoms with Gasteiger partial charge in [-0.3, -0.25) is 9.35 Å². The van der Waals surface area contributed by atoms with Crippen LogP contribution >= 0.6 is 0 Å². The van der Waals surface area contributed by atoms with Crippen molar-refractivity contribution in [2.75, 3.05) is 12.8 Å². The minimum absolute atomic E-state index is 0.0322.